The Morgan fingerprint density at radius 2 is 2.06 bits per heavy atom. The highest BCUT2D eigenvalue weighted by atomic mass is 35.5. The van der Waals surface area contributed by atoms with Gasteiger partial charge in [-0.1, -0.05) is 11.6 Å². The molecule has 1 aromatic rings. The summed E-state index contributed by atoms with van der Waals surface area (Å²) >= 11 is 5.29. The summed E-state index contributed by atoms with van der Waals surface area (Å²) in [4.78, 5) is 29.4. The number of hydrogen-bond acceptors (Lipinski definition) is 5. The van der Waals surface area contributed by atoms with Crippen LogP contribution in [0.1, 0.15) is 12.6 Å². The smallest absolute Gasteiger partial charge is 0.326 e. The number of nitrogens with zero attached hydrogens (tertiary/aromatic N) is 2. The Bertz CT molecular complexity index is 437. The number of ether oxygens (including phenoxy) is 1. The second-order valence-corrected chi connectivity index (χ2v) is 3.43. The molecule has 7 nitrogen and oxygen atoms in total. The Balaban J connectivity index is 3.25. The van der Waals surface area contributed by atoms with Crippen LogP contribution in [0.2, 0.25) is 0 Å². The fourth-order valence-corrected chi connectivity index (χ4v) is 1.15. The van der Waals surface area contributed by atoms with Gasteiger partial charge in [0.1, 0.15) is 0 Å². The first kappa shape index (κ1) is 13.2. The van der Waals surface area contributed by atoms with Gasteiger partial charge < -0.3 is 14.9 Å². The van der Waals surface area contributed by atoms with E-state index in [1.807, 2.05) is 0 Å². The molecule has 0 atom stereocenters. The van der Waals surface area contributed by atoms with E-state index in [2.05, 4.69) is 9.97 Å². The molecule has 0 radical (unpaired) electrons. The summed E-state index contributed by atoms with van der Waals surface area (Å²) in [5.74, 6) is -3.05. The fourth-order valence-electron chi connectivity index (χ4n) is 1.05. The predicted molar refractivity (Wildman–Crippen MR) is 56.0 cm³/mol. The van der Waals surface area contributed by atoms with Crippen LogP contribution in [0, 0.1) is 0 Å². The molecule has 0 amide bonds. The maximum absolute atomic E-state index is 11.0. The molecule has 0 aliphatic rings. The third-order valence-corrected chi connectivity index (χ3v) is 2.29. The second kappa shape index (κ2) is 4.96. The monoisotopic (exact) mass is 260 g/mol. The molecule has 2 N–H and O–H groups in total. The van der Waals surface area contributed by atoms with Crippen molar-refractivity contribution in [1.29, 1.82) is 0 Å². The van der Waals surface area contributed by atoms with E-state index in [0.29, 0.717) is 0 Å². The Morgan fingerprint density at radius 3 is 2.53 bits per heavy atom. The second-order valence-electron chi connectivity index (χ2n) is 3.21. The van der Waals surface area contributed by atoms with Gasteiger partial charge in [-0.25, -0.2) is 4.98 Å². The average molecular weight is 261 g/mol. The van der Waals surface area contributed by atoms with E-state index >= 15 is 0 Å². The zero-order chi connectivity index (χ0) is 13.1. The number of aliphatic carboxylic acids is 2. The van der Waals surface area contributed by atoms with E-state index < -0.39 is 17.4 Å². The van der Waals surface area contributed by atoms with E-state index in [4.69, 9.17) is 26.6 Å². The first-order valence-electron chi connectivity index (χ1n) is 4.42. The number of rotatable bonds is 5. The highest BCUT2D eigenvalue weighted by Crippen LogP contribution is 2.23. The van der Waals surface area contributed by atoms with Crippen molar-refractivity contribution in [3.05, 3.63) is 18.0 Å². The van der Waals surface area contributed by atoms with Crippen molar-refractivity contribution in [2.75, 3.05) is 6.07 Å². The van der Waals surface area contributed by atoms with Crippen LogP contribution < -0.4 is 4.74 Å². The van der Waals surface area contributed by atoms with Gasteiger partial charge in [-0.2, -0.15) is 4.98 Å². The lowest BCUT2D eigenvalue weighted by Gasteiger charge is -2.18. The van der Waals surface area contributed by atoms with Crippen molar-refractivity contribution in [1.82, 2.24) is 9.97 Å². The summed E-state index contributed by atoms with van der Waals surface area (Å²) in [7, 11) is 0. The van der Waals surface area contributed by atoms with Crippen molar-refractivity contribution < 1.29 is 24.5 Å². The number of carboxylic acids is 2. The van der Waals surface area contributed by atoms with Crippen molar-refractivity contribution >= 4 is 23.5 Å². The van der Waals surface area contributed by atoms with Gasteiger partial charge in [0.25, 0.3) is 0 Å². The minimum atomic E-state index is -2.16. The third kappa shape index (κ3) is 2.44. The molecule has 17 heavy (non-hydrogen) atoms. The number of halogens is 1. The molecule has 0 fully saturated rings. The van der Waals surface area contributed by atoms with Gasteiger partial charge >= 0.3 is 17.9 Å². The van der Waals surface area contributed by atoms with Crippen LogP contribution in [-0.4, -0.2) is 38.2 Å². The number of hydrogen-bond donors (Lipinski definition) is 2. The standard InChI is InChI=1S/C9H9ClN2O5/c1-9(6(13)14,7(15)16)5-2-3-11-8(12-5)17-4-10/h2-3H,4H2,1H3,(H,13,14)(H,15,16). The third-order valence-electron chi connectivity index (χ3n) is 2.18. The van der Waals surface area contributed by atoms with E-state index in [1.165, 1.54) is 12.3 Å². The Morgan fingerprint density at radius 1 is 1.47 bits per heavy atom. The lowest BCUT2D eigenvalue weighted by Crippen LogP contribution is -2.41. The van der Waals surface area contributed by atoms with E-state index in [0.717, 1.165) is 6.92 Å². The summed E-state index contributed by atoms with van der Waals surface area (Å²) < 4.78 is 4.76. The number of alkyl halides is 1. The van der Waals surface area contributed by atoms with Gasteiger partial charge in [0.05, 0.1) is 5.69 Å². The molecule has 0 saturated heterocycles. The molecule has 8 heteroatoms. The molecule has 1 aromatic heterocycles. The van der Waals surface area contributed by atoms with Gasteiger partial charge in [-0.15, -0.1) is 0 Å². The molecule has 0 aliphatic carbocycles. The lowest BCUT2D eigenvalue weighted by atomic mass is 9.87. The molecule has 1 heterocycles. The van der Waals surface area contributed by atoms with E-state index in [1.54, 1.807) is 0 Å². The molecule has 0 aliphatic heterocycles. The SMILES string of the molecule is CC(C(=O)O)(C(=O)O)c1ccnc(OCCl)n1. The summed E-state index contributed by atoms with van der Waals surface area (Å²) in [5.41, 5.74) is -2.35. The van der Waals surface area contributed by atoms with Gasteiger partial charge in [-0.05, 0) is 13.0 Å². The minimum Gasteiger partial charge on any atom is -0.480 e. The Kier molecular flexibility index (Phi) is 3.84. The zero-order valence-electron chi connectivity index (χ0n) is 8.75. The van der Waals surface area contributed by atoms with Crippen LogP contribution in [0.3, 0.4) is 0 Å². The maximum atomic E-state index is 11.0. The van der Waals surface area contributed by atoms with E-state index in [9.17, 15) is 9.59 Å². The minimum absolute atomic E-state index is 0.175. The first-order chi connectivity index (χ1) is 7.92. The molecular weight excluding hydrogens is 252 g/mol. The normalized spacial score (nSPS) is 10.9. The van der Waals surface area contributed by atoms with Crippen LogP contribution in [0.4, 0.5) is 0 Å². The molecule has 0 bridgehead atoms. The molecule has 0 aromatic carbocycles. The zero-order valence-corrected chi connectivity index (χ0v) is 9.51. The molecule has 92 valence electrons. The number of carbonyl (C=O) groups is 2. The van der Waals surface area contributed by atoms with Crippen molar-refractivity contribution in [3.8, 4) is 6.01 Å². The van der Waals surface area contributed by atoms with Crippen LogP contribution in [-0.2, 0) is 15.0 Å². The van der Waals surface area contributed by atoms with Crippen LogP contribution in [0.15, 0.2) is 12.3 Å². The highest BCUT2D eigenvalue weighted by molar-refractivity contribution is 6.17. The largest absolute Gasteiger partial charge is 0.480 e. The molecule has 1 rings (SSSR count). The maximum Gasteiger partial charge on any atom is 0.326 e. The van der Waals surface area contributed by atoms with Crippen LogP contribution in [0.25, 0.3) is 0 Å². The predicted octanol–water partition coefficient (Wildman–Crippen LogP) is 0.479. The van der Waals surface area contributed by atoms with Crippen LogP contribution >= 0.6 is 11.6 Å². The highest BCUT2D eigenvalue weighted by Gasteiger charge is 2.45. The van der Waals surface area contributed by atoms with Crippen molar-refractivity contribution in [2.45, 2.75) is 12.3 Å². The van der Waals surface area contributed by atoms with Gasteiger partial charge in [0.15, 0.2) is 6.07 Å². The quantitative estimate of drug-likeness (QED) is 0.585. The molecule has 0 saturated carbocycles. The summed E-state index contributed by atoms with van der Waals surface area (Å²) in [5, 5.41) is 17.9. The molecular formula is C9H9ClN2O5. The van der Waals surface area contributed by atoms with Crippen molar-refractivity contribution in [2.24, 2.45) is 0 Å². The van der Waals surface area contributed by atoms with Crippen LogP contribution in [0.5, 0.6) is 6.01 Å². The van der Waals surface area contributed by atoms with Gasteiger partial charge in [-0.3, -0.25) is 9.59 Å². The van der Waals surface area contributed by atoms with E-state index in [-0.39, 0.29) is 17.8 Å². The summed E-state index contributed by atoms with van der Waals surface area (Å²) in [6.45, 7) is 1.03. The molecule has 0 spiro atoms. The fraction of sp³-hybridized carbons (Fsp3) is 0.333. The van der Waals surface area contributed by atoms with Crippen molar-refractivity contribution in [3.63, 3.8) is 0 Å². The number of carboxylic acid groups (broad SMARTS) is 2. The Labute approximate surface area is 101 Å². The lowest BCUT2D eigenvalue weighted by molar-refractivity contribution is -0.156. The number of aromatic nitrogens is 2. The van der Waals surface area contributed by atoms with Gasteiger partial charge in [0, 0.05) is 6.20 Å². The van der Waals surface area contributed by atoms with Gasteiger partial charge in [0.2, 0.25) is 5.41 Å². The average Bonchev–Trinajstić information content (AvgIpc) is 2.28. The summed E-state index contributed by atoms with van der Waals surface area (Å²) in [6, 6.07) is 0.801. The molecule has 0 unspecified atom stereocenters. The summed E-state index contributed by atoms with van der Waals surface area (Å²) in [6.07, 6.45) is 1.20. The topological polar surface area (TPSA) is 110 Å². The Hall–Kier alpha value is -1.89. The first-order valence-corrected chi connectivity index (χ1v) is 4.95.